The number of aromatic nitrogens is 4. The number of H-pyrrole nitrogens is 1. The van der Waals surface area contributed by atoms with E-state index in [4.69, 9.17) is 16.6 Å². The maximum Gasteiger partial charge on any atom is 0.275 e. The molecule has 1 spiro atoms. The highest BCUT2D eigenvalue weighted by Gasteiger charge is 2.52. The van der Waals surface area contributed by atoms with Crippen molar-refractivity contribution in [2.24, 2.45) is 16.3 Å². The molecule has 9 nitrogen and oxygen atoms in total. The average Bonchev–Trinajstić information content (AvgIpc) is 3.63. The Morgan fingerprint density at radius 3 is 2.51 bits per heavy atom. The lowest BCUT2D eigenvalue weighted by Crippen LogP contribution is -2.51. The summed E-state index contributed by atoms with van der Waals surface area (Å²) in [6, 6.07) is 11.6. The van der Waals surface area contributed by atoms with Crippen molar-refractivity contribution in [1.82, 2.24) is 30.8 Å². The molecule has 1 aromatic heterocycles. The van der Waals surface area contributed by atoms with E-state index >= 15 is 0 Å². The molecule has 228 valence electrons. The normalized spacial score (nSPS) is 21.3. The van der Waals surface area contributed by atoms with Crippen LogP contribution in [0.5, 0.6) is 0 Å². The second-order valence-electron chi connectivity index (χ2n) is 12.3. The zero-order chi connectivity index (χ0) is 30.8. The van der Waals surface area contributed by atoms with Gasteiger partial charge in [-0.1, -0.05) is 75.6 Å². The van der Waals surface area contributed by atoms with Gasteiger partial charge in [0.25, 0.3) is 11.8 Å². The largest absolute Gasteiger partial charge is 0.345 e. The topological polar surface area (TPSA) is 116 Å². The Hall–Kier alpha value is -3.66. The molecule has 5 rings (SSSR count). The number of rotatable bonds is 10. The number of hydrogen-bond acceptors (Lipinski definition) is 6. The third-order valence-electron chi connectivity index (χ3n) is 9.41. The predicted molar refractivity (Wildman–Crippen MR) is 163 cm³/mol. The molecule has 2 aliphatic rings. The minimum Gasteiger partial charge on any atom is -0.345 e. The van der Waals surface area contributed by atoms with E-state index in [1.54, 1.807) is 18.2 Å². The van der Waals surface area contributed by atoms with Crippen LogP contribution in [0.1, 0.15) is 106 Å². The molecule has 1 saturated carbocycles. The second-order valence-corrected chi connectivity index (χ2v) is 12.7. The SMILES string of the molecule is CCC[C@H](c1ccc(C(=O)NCc2nn[nH]n2)cc1)N1C(=O)C(c2ccc(Cl)c(F)c2)=NC12CCC(C(C)(C)CC)CC2. The molecule has 0 radical (unpaired) electrons. The number of aromatic amines is 1. The lowest BCUT2D eigenvalue weighted by Gasteiger charge is -2.48. The minimum atomic E-state index is -0.719. The summed E-state index contributed by atoms with van der Waals surface area (Å²) in [5, 5.41) is 16.4. The smallest absolute Gasteiger partial charge is 0.275 e. The fraction of sp³-hybridized carbons (Fsp3) is 0.500. The highest BCUT2D eigenvalue weighted by atomic mass is 35.5. The van der Waals surface area contributed by atoms with Crippen LogP contribution in [0.25, 0.3) is 0 Å². The first-order valence-electron chi connectivity index (χ1n) is 15.1. The molecule has 11 heteroatoms. The van der Waals surface area contributed by atoms with Crippen LogP contribution in [0.3, 0.4) is 0 Å². The number of benzene rings is 2. The third kappa shape index (κ3) is 6.20. The number of nitrogens with zero attached hydrogens (tertiary/aromatic N) is 5. The van der Waals surface area contributed by atoms with Gasteiger partial charge in [0.2, 0.25) is 0 Å². The molecule has 1 fully saturated rings. The van der Waals surface area contributed by atoms with Crippen molar-refractivity contribution in [3.63, 3.8) is 0 Å². The Morgan fingerprint density at radius 1 is 1.19 bits per heavy atom. The molecule has 1 atom stereocenters. The molecule has 2 aromatic carbocycles. The molecule has 2 amide bonds. The van der Waals surface area contributed by atoms with Gasteiger partial charge in [0, 0.05) is 11.1 Å². The number of nitrogens with one attached hydrogen (secondary N) is 2. The van der Waals surface area contributed by atoms with Crippen LogP contribution < -0.4 is 5.32 Å². The van der Waals surface area contributed by atoms with Gasteiger partial charge in [-0.05, 0) is 73.3 Å². The van der Waals surface area contributed by atoms with Gasteiger partial charge in [-0.15, -0.1) is 10.2 Å². The summed E-state index contributed by atoms with van der Waals surface area (Å²) >= 11 is 5.97. The van der Waals surface area contributed by atoms with Crippen molar-refractivity contribution in [1.29, 1.82) is 0 Å². The molecule has 3 aromatic rings. The van der Waals surface area contributed by atoms with Crippen molar-refractivity contribution >= 4 is 29.1 Å². The summed E-state index contributed by atoms with van der Waals surface area (Å²) in [6.45, 7) is 9.11. The van der Waals surface area contributed by atoms with E-state index in [0.717, 1.165) is 50.5 Å². The Bertz CT molecular complexity index is 1480. The first-order valence-corrected chi connectivity index (χ1v) is 15.5. The summed E-state index contributed by atoms with van der Waals surface area (Å²) in [6.07, 6.45) is 6.03. The van der Waals surface area contributed by atoms with Crippen LogP contribution in [0.15, 0.2) is 47.5 Å². The molecule has 1 aliphatic carbocycles. The van der Waals surface area contributed by atoms with Crippen molar-refractivity contribution in [3.8, 4) is 0 Å². The molecule has 0 saturated heterocycles. The highest BCUT2D eigenvalue weighted by molar-refractivity contribution is 6.47. The van der Waals surface area contributed by atoms with Gasteiger partial charge >= 0.3 is 0 Å². The van der Waals surface area contributed by atoms with Crippen LogP contribution in [0.2, 0.25) is 5.02 Å². The zero-order valence-corrected chi connectivity index (χ0v) is 25.9. The molecular weight excluding hydrogens is 569 g/mol. The average molecular weight is 608 g/mol. The number of carbonyl (C=O) groups is 2. The number of carbonyl (C=O) groups excluding carboxylic acids is 2. The number of halogens is 2. The third-order valence-corrected chi connectivity index (χ3v) is 9.72. The van der Waals surface area contributed by atoms with E-state index in [9.17, 15) is 14.0 Å². The Kier molecular flexibility index (Phi) is 8.96. The number of amides is 2. The van der Waals surface area contributed by atoms with Crippen LogP contribution in [-0.2, 0) is 11.3 Å². The van der Waals surface area contributed by atoms with Gasteiger partial charge in [-0.3, -0.25) is 14.6 Å². The van der Waals surface area contributed by atoms with Crippen molar-refractivity contribution in [2.75, 3.05) is 0 Å². The van der Waals surface area contributed by atoms with E-state index in [0.29, 0.717) is 22.9 Å². The fourth-order valence-corrected chi connectivity index (χ4v) is 6.59. The highest BCUT2D eigenvalue weighted by Crippen LogP contribution is 2.50. The van der Waals surface area contributed by atoms with E-state index < -0.39 is 11.5 Å². The quantitative estimate of drug-likeness (QED) is 0.276. The van der Waals surface area contributed by atoms with E-state index in [-0.39, 0.29) is 40.6 Å². The van der Waals surface area contributed by atoms with Crippen LogP contribution in [0, 0.1) is 17.2 Å². The van der Waals surface area contributed by atoms with Crippen molar-refractivity contribution in [2.45, 2.75) is 90.9 Å². The van der Waals surface area contributed by atoms with E-state index in [1.165, 1.54) is 12.1 Å². The second kappa shape index (κ2) is 12.5. The van der Waals surface area contributed by atoms with Gasteiger partial charge in [-0.25, -0.2) is 4.39 Å². The monoisotopic (exact) mass is 607 g/mol. The summed E-state index contributed by atoms with van der Waals surface area (Å²) in [5.41, 5.74) is 1.61. The van der Waals surface area contributed by atoms with Crippen LogP contribution in [0.4, 0.5) is 4.39 Å². The lowest BCUT2D eigenvalue weighted by molar-refractivity contribution is -0.133. The predicted octanol–water partition coefficient (Wildman–Crippen LogP) is 6.42. The van der Waals surface area contributed by atoms with Crippen LogP contribution >= 0.6 is 11.6 Å². The van der Waals surface area contributed by atoms with Crippen molar-refractivity contribution < 1.29 is 14.0 Å². The maximum absolute atomic E-state index is 14.5. The number of tetrazole rings is 1. The van der Waals surface area contributed by atoms with E-state index in [1.807, 2.05) is 17.0 Å². The first kappa shape index (κ1) is 30.8. The number of aliphatic imine (C=N–C) groups is 1. The molecule has 0 bridgehead atoms. The molecule has 0 unspecified atom stereocenters. The van der Waals surface area contributed by atoms with Gasteiger partial charge in [0.1, 0.15) is 17.2 Å². The summed E-state index contributed by atoms with van der Waals surface area (Å²) in [4.78, 5) is 34.2. The summed E-state index contributed by atoms with van der Waals surface area (Å²) < 4.78 is 14.5. The Balaban J connectivity index is 1.46. The molecular formula is C32H39ClFN7O2. The lowest BCUT2D eigenvalue weighted by atomic mass is 9.67. The standard InChI is InChI=1S/C32H39ClFN7O2/c1-5-7-26(20-8-10-21(11-9-20)29(42)35-19-27-37-39-40-38-27)41-30(43)28(22-12-13-24(33)25(34)18-22)36-32(41)16-14-23(15-17-32)31(3,4)6-2/h8-13,18,23,26H,5-7,14-17,19H2,1-4H3,(H,35,42)(H,37,38,39,40)/t23?,26-,32?/m1/s1. The molecule has 1 aliphatic heterocycles. The van der Waals surface area contributed by atoms with Gasteiger partial charge in [0.05, 0.1) is 17.6 Å². The zero-order valence-electron chi connectivity index (χ0n) is 25.2. The van der Waals surface area contributed by atoms with Crippen molar-refractivity contribution in [3.05, 3.63) is 75.8 Å². The summed E-state index contributed by atoms with van der Waals surface area (Å²) in [5.74, 6) is -0.116. The number of hydrogen-bond donors (Lipinski definition) is 2. The Labute approximate surface area is 256 Å². The van der Waals surface area contributed by atoms with Gasteiger partial charge in [-0.2, -0.15) is 5.21 Å². The first-order chi connectivity index (χ1) is 20.6. The van der Waals surface area contributed by atoms with Gasteiger partial charge < -0.3 is 10.2 Å². The van der Waals surface area contributed by atoms with E-state index in [2.05, 4.69) is 53.6 Å². The Morgan fingerprint density at radius 2 is 1.91 bits per heavy atom. The summed E-state index contributed by atoms with van der Waals surface area (Å²) in [7, 11) is 0. The van der Waals surface area contributed by atoms with Gasteiger partial charge in [0.15, 0.2) is 5.82 Å². The van der Waals surface area contributed by atoms with Crippen LogP contribution in [-0.4, -0.2) is 48.7 Å². The molecule has 2 N–H and O–H groups in total. The molecule has 2 heterocycles. The fourth-order valence-electron chi connectivity index (χ4n) is 6.47. The maximum atomic E-state index is 14.5. The molecule has 43 heavy (non-hydrogen) atoms. The minimum absolute atomic E-state index is 0.00829.